The molecule has 32 heavy (non-hydrogen) atoms. The van der Waals surface area contributed by atoms with Crippen LogP contribution in [-0.2, 0) is 4.79 Å². The summed E-state index contributed by atoms with van der Waals surface area (Å²) in [6.45, 7) is 0. The number of pyridine rings is 1. The van der Waals surface area contributed by atoms with Crippen molar-refractivity contribution < 1.29 is 9.53 Å². The molecule has 0 radical (unpaired) electrons. The third-order valence-corrected chi connectivity index (χ3v) is 6.63. The number of thioether (sulfide) groups is 1. The second-order valence-electron chi connectivity index (χ2n) is 7.97. The summed E-state index contributed by atoms with van der Waals surface area (Å²) >= 11 is 1.40. The summed E-state index contributed by atoms with van der Waals surface area (Å²) in [6.07, 6.45) is 11.9. The molecule has 2 aromatic heterocycles. The highest BCUT2D eigenvalue weighted by atomic mass is 32.2. The average molecular weight is 452 g/mol. The Labute approximate surface area is 193 Å². The van der Waals surface area contributed by atoms with Crippen molar-refractivity contribution in [3.8, 4) is 22.8 Å². The van der Waals surface area contributed by atoms with Crippen molar-refractivity contribution in [2.45, 2.75) is 56.1 Å². The van der Waals surface area contributed by atoms with Crippen molar-refractivity contribution >= 4 is 17.7 Å². The van der Waals surface area contributed by atoms with Gasteiger partial charge in [-0.3, -0.25) is 14.3 Å². The molecule has 2 heterocycles. The van der Waals surface area contributed by atoms with Crippen molar-refractivity contribution in [3.05, 3.63) is 48.8 Å². The van der Waals surface area contributed by atoms with Crippen molar-refractivity contribution in [2.75, 3.05) is 12.9 Å². The Bertz CT molecular complexity index is 999. The number of methoxy groups -OCH3 is 1. The molecule has 0 spiro atoms. The predicted octanol–water partition coefficient (Wildman–Crippen LogP) is 4.66. The number of benzene rings is 1. The lowest BCUT2D eigenvalue weighted by molar-refractivity contribution is -0.119. The summed E-state index contributed by atoms with van der Waals surface area (Å²) in [5.41, 5.74) is 1.82. The molecule has 168 valence electrons. The summed E-state index contributed by atoms with van der Waals surface area (Å²) in [5, 5.41) is 12.7. The topological polar surface area (TPSA) is 81.9 Å². The summed E-state index contributed by atoms with van der Waals surface area (Å²) < 4.78 is 7.27. The van der Waals surface area contributed by atoms with Gasteiger partial charge in [0.2, 0.25) is 5.91 Å². The Balaban J connectivity index is 1.51. The van der Waals surface area contributed by atoms with E-state index in [0.29, 0.717) is 16.7 Å². The molecular weight excluding hydrogens is 422 g/mol. The van der Waals surface area contributed by atoms with Gasteiger partial charge in [0.1, 0.15) is 5.75 Å². The van der Waals surface area contributed by atoms with Crippen LogP contribution in [0, 0.1) is 0 Å². The fourth-order valence-electron chi connectivity index (χ4n) is 4.02. The van der Waals surface area contributed by atoms with Crippen LogP contribution in [-0.4, -0.2) is 44.6 Å². The normalized spacial score (nSPS) is 15.0. The zero-order chi connectivity index (χ0) is 22.2. The molecule has 0 bridgehead atoms. The number of aromatic nitrogens is 4. The van der Waals surface area contributed by atoms with Crippen LogP contribution in [0.1, 0.15) is 44.9 Å². The number of amides is 1. The molecule has 4 rings (SSSR count). The van der Waals surface area contributed by atoms with Gasteiger partial charge in [-0.25, -0.2) is 0 Å². The van der Waals surface area contributed by atoms with Gasteiger partial charge in [0.25, 0.3) is 0 Å². The van der Waals surface area contributed by atoms with Gasteiger partial charge in [0, 0.05) is 29.7 Å². The lowest BCUT2D eigenvalue weighted by atomic mass is 9.97. The molecule has 3 aromatic rings. The van der Waals surface area contributed by atoms with Gasteiger partial charge in [-0.2, -0.15) is 0 Å². The first kappa shape index (κ1) is 22.3. The quantitative estimate of drug-likeness (QED) is 0.526. The number of nitrogens with zero attached hydrogens (tertiary/aromatic N) is 4. The SMILES string of the molecule is COc1ccc(-n2c(SCC(=O)NC3CCCCCCC3)nnc2-c2ccncc2)cc1. The zero-order valence-electron chi connectivity index (χ0n) is 18.4. The monoisotopic (exact) mass is 451 g/mol. The van der Waals surface area contributed by atoms with Gasteiger partial charge in [0.15, 0.2) is 11.0 Å². The summed E-state index contributed by atoms with van der Waals surface area (Å²) in [5.74, 6) is 1.84. The lowest BCUT2D eigenvalue weighted by Crippen LogP contribution is -2.36. The van der Waals surface area contributed by atoms with Crippen LogP contribution in [0.4, 0.5) is 0 Å². The number of hydrogen-bond donors (Lipinski definition) is 1. The van der Waals surface area contributed by atoms with Crippen LogP contribution in [0.5, 0.6) is 5.75 Å². The number of carbonyl (C=O) groups excluding carboxylic acids is 1. The van der Waals surface area contributed by atoms with Gasteiger partial charge in [-0.15, -0.1) is 10.2 Å². The summed E-state index contributed by atoms with van der Waals surface area (Å²) in [6, 6.07) is 11.8. The standard InChI is InChI=1S/C24H29N5O2S/c1-31-21-11-9-20(10-12-21)29-23(18-13-15-25-16-14-18)27-28-24(29)32-17-22(30)26-19-7-5-3-2-4-6-8-19/h9-16,19H,2-8,17H2,1H3,(H,26,30). The lowest BCUT2D eigenvalue weighted by Gasteiger charge is -2.20. The second kappa shape index (κ2) is 11.1. The average Bonchev–Trinajstić information content (AvgIpc) is 3.24. The van der Waals surface area contributed by atoms with Crippen LogP contribution in [0.25, 0.3) is 17.1 Å². The maximum Gasteiger partial charge on any atom is 0.230 e. The largest absolute Gasteiger partial charge is 0.497 e. The number of hydrogen-bond acceptors (Lipinski definition) is 6. The number of nitrogens with one attached hydrogen (secondary N) is 1. The summed E-state index contributed by atoms with van der Waals surface area (Å²) in [7, 11) is 1.64. The second-order valence-corrected chi connectivity index (χ2v) is 8.92. The maximum absolute atomic E-state index is 12.7. The van der Waals surface area contributed by atoms with Crippen LogP contribution in [0.3, 0.4) is 0 Å². The molecule has 0 atom stereocenters. The molecule has 0 aliphatic heterocycles. The minimum atomic E-state index is 0.0512. The van der Waals surface area contributed by atoms with E-state index >= 15 is 0 Å². The fraction of sp³-hybridized carbons (Fsp3) is 0.417. The van der Waals surface area contributed by atoms with Gasteiger partial charge < -0.3 is 10.1 Å². The third kappa shape index (κ3) is 5.68. The number of rotatable bonds is 7. The highest BCUT2D eigenvalue weighted by Crippen LogP contribution is 2.28. The van der Waals surface area contributed by atoms with Gasteiger partial charge in [-0.1, -0.05) is 43.9 Å². The number of carbonyl (C=O) groups is 1. The highest BCUT2D eigenvalue weighted by Gasteiger charge is 2.19. The molecule has 0 unspecified atom stereocenters. The molecule has 1 aliphatic rings. The Morgan fingerprint density at radius 1 is 1.03 bits per heavy atom. The molecule has 1 aromatic carbocycles. The predicted molar refractivity (Wildman–Crippen MR) is 126 cm³/mol. The maximum atomic E-state index is 12.7. The molecule has 1 saturated carbocycles. The molecule has 1 aliphatic carbocycles. The molecule has 0 saturated heterocycles. The van der Waals surface area contributed by atoms with E-state index in [1.54, 1.807) is 19.5 Å². The Kier molecular flexibility index (Phi) is 7.77. The van der Waals surface area contributed by atoms with Crippen molar-refractivity contribution in [1.82, 2.24) is 25.1 Å². The van der Waals surface area contributed by atoms with Crippen LogP contribution >= 0.6 is 11.8 Å². The molecule has 1 fully saturated rings. The molecule has 7 nitrogen and oxygen atoms in total. The first-order valence-corrected chi connectivity index (χ1v) is 12.2. The Morgan fingerprint density at radius 2 is 1.72 bits per heavy atom. The Hall–Kier alpha value is -2.87. The van der Waals surface area contributed by atoms with E-state index < -0.39 is 0 Å². The van der Waals surface area contributed by atoms with Crippen LogP contribution in [0.2, 0.25) is 0 Å². The van der Waals surface area contributed by atoms with Crippen molar-refractivity contribution in [2.24, 2.45) is 0 Å². The molecule has 8 heteroatoms. The van der Waals surface area contributed by atoms with Crippen LogP contribution in [0.15, 0.2) is 53.9 Å². The first-order chi connectivity index (χ1) is 15.7. The van der Waals surface area contributed by atoms with E-state index in [0.717, 1.165) is 29.8 Å². The minimum absolute atomic E-state index is 0.0512. The van der Waals surface area contributed by atoms with E-state index in [1.807, 2.05) is 41.0 Å². The van der Waals surface area contributed by atoms with Gasteiger partial charge in [0.05, 0.1) is 12.9 Å². The van der Waals surface area contributed by atoms with Crippen LogP contribution < -0.4 is 10.1 Å². The third-order valence-electron chi connectivity index (χ3n) is 5.71. The van der Waals surface area contributed by atoms with E-state index in [1.165, 1.54) is 43.9 Å². The zero-order valence-corrected chi connectivity index (χ0v) is 19.2. The van der Waals surface area contributed by atoms with Gasteiger partial charge in [-0.05, 0) is 49.2 Å². The molecular formula is C24H29N5O2S. The van der Waals surface area contributed by atoms with E-state index in [2.05, 4.69) is 20.5 Å². The van der Waals surface area contributed by atoms with E-state index in [4.69, 9.17) is 4.74 Å². The minimum Gasteiger partial charge on any atom is -0.497 e. The summed E-state index contributed by atoms with van der Waals surface area (Å²) in [4.78, 5) is 16.8. The van der Waals surface area contributed by atoms with E-state index in [-0.39, 0.29) is 11.9 Å². The molecule has 1 amide bonds. The fourth-order valence-corrected chi connectivity index (χ4v) is 4.78. The van der Waals surface area contributed by atoms with Crippen molar-refractivity contribution in [3.63, 3.8) is 0 Å². The molecule has 1 N–H and O–H groups in total. The van der Waals surface area contributed by atoms with Gasteiger partial charge >= 0.3 is 0 Å². The van der Waals surface area contributed by atoms with Crippen molar-refractivity contribution in [1.29, 1.82) is 0 Å². The van der Waals surface area contributed by atoms with E-state index in [9.17, 15) is 4.79 Å². The number of ether oxygens (including phenoxy) is 1. The smallest absolute Gasteiger partial charge is 0.230 e. The Morgan fingerprint density at radius 3 is 2.41 bits per heavy atom. The highest BCUT2D eigenvalue weighted by molar-refractivity contribution is 7.99. The first-order valence-electron chi connectivity index (χ1n) is 11.2.